The zero-order valence-electron chi connectivity index (χ0n) is 14.6. The Morgan fingerprint density at radius 3 is 2.43 bits per heavy atom. The van der Waals surface area contributed by atoms with E-state index in [0.29, 0.717) is 0 Å². The summed E-state index contributed by atoms with van der Waals surface area (Å²) in [6.07, 6.45) is -0.789. The largest absolute Gasteiger partial charge is 0.444 e. The number of imide groups is 1. The van der Waals surface area contributed by atoms with Crippen LogP contribution in [0.4, 0.5) is 10.5 Å². The molecule has 1 unspecified atom stereocenters. The number of rotatable bonds is 5. The number of carbonyl (C=O) groups excluding carboxylic acids is 3. The Morgan fingerprint density at radius 2 is 1.79 bits per heavy atom. The van der Waals surface area contributed by atoms with Gasteiger partial charge in [0, 0.05) is 18.6 Å². The second-order valence-corrected chi connectivity index (χ2v) is 6.03. The van der Waals surface area contributed by atoms with E-state index in [4.69, 9.17) is 9.47 Å². The molecule has 2 amide bonds. The van der Waals surface area contributed by atoms with Crippen molar-refractivity contribution in [1.29, 1.82) is 0 Å². The van der Waals surface area contributed by atoms with Crippen LogP contribution in [0.15, 0.2) is 54.6 Å². The molecular weight excluding hydrogens is 368 g/mol. The van der Waals surface area contributed by atoms with Crippen molar-refractivity contribution in [2.75, 3.05) is 0 Å². The maximum absolute atomic E-state index is 12.4. The third-order valence-electron chi connectivity index (χ3n) is 4.15. The summed E-state index contributed by atoms with van der Waals surface area (Å²) >= 11 is 0. The summed E-state index contributed by atoms with van der Waals surface area (Å²) in [5.41, 5.74) is 0.592. The molecule has 3 rings (SSSR count). The SMILES string of the molecule is O=C(Oc1ccc([N+](=O)[O-])cc1)C1CCC(=O)N1C(=O)OCc1ccccc1. The van der Waals surface area contributed by atoms with Crippen LogP contribution < -0.4 is 4.74 Å². The topological polar surface area (TPSA) is 116 Å². The lowest BCUT2D eigenvalue weighted by atomic mass is 10.2. The van der Waals surface area contributed by atoms with Gasteiger partial charge in [0.15, 0.2) is 0 Å². The molecule has 1 aliphatic heterocycles. The Bertz CT molecular complexity index is 896. The number of esters is 1. The van der Waals surface area contributed by atoms with Gasteiger partial charge in [0.05, 0.1) is 4.92 Å². The molecule has 9 heteroatoms. The number of ether oxygens (including phenoxy) is 2. The van der Waals surface area contributed by atoms with Gasteiger partial charge in [-0.1, -0.05) is 30.3 Å². The third kappa shape index (κ3) is 4.32. The zero-order chi connectivity index (χ0) is 20.1. The van der Waals surface area contributed by atoms with E-state index in [1.807, 2.05) is 6.07 Å². The lowest BCUT2D eigenvalue weighted by Gasteiger charge is -2.21. The highest BCUT2D eigenvalue weighted by Crippen LogP contribution is 2.24. The van der Waals surface area contributed by atoms with Gasteiger partial charge in [-0.15, -0.1) is 0 Å². The standard InChI is InChI=1S/C19H16N2O7/c22-17-11-10-16(18(23)28-15-8-6-14(7-9-15)21(25)26)20(17)19(24)27-12-13-4-2-1-3-5-13/h1-9,16H,10-12H2. The lowest BCUT2D eigenvalue weighted by molar-refractivity contribution is -0.384. The van der Waals surface area contributed by atoms with Crippen LogP contribution in [0, 0.1) is 10.1 Å². The quantitative estimate of drug-likeness (QED) is 0.337. The predicted molar refractivity (Wildman–Crippen MR) is 95.2 cm³/mol. The molecule has 1 fully saturated rings. The van der Waals surface area contributed by atoms with Crippen molar-refractivity contribution in [2.45, 2.75) is 25.5 Å². The Labute approximate surface area is 159 Å². The van der Waals surface area contributed by atoms with Gasteiger partial charge in [0.2, 0.25) is 5.91 Å². The maximum atomic E-state index is 12.4. The lowest BCUT2D eigenvalue weighted by Crippen LogP contribution is -2.44. The summed E-state index contributed by atoms with van der Waals surface area (Å²) in [6.45, 7) is -0.0342. The van der Waals surface area contributed by atoms with Gasteiger partial charge >= 0.3 is 12.1 Å². The number of carbonyl (C=O) groups is 3. The molecule has 0 aromatic heterocycles. The van der Waals surface area contributed by atoms with Gasteiger partial charge in [-0.25, -0.2) is 14.5 Å². The number of amides is 2. The molecular formula is C19H16N2O7. The molecule has 144 valence electrons. The molecule has 0 aliphatic carbocycles. The Hall–Kier alpha value is -3.75. The first-order valence-corrected chi connectivity index (χ1v) is 8.44. The molecule has 1 saturated heterocycles. The fourth-order valence-electron chi connectivity index (χ4n) is 2.74. The van der Waals surface area contributed by atoms with Gasteiger partial charge in [0.1, 0.15) is 18.4 Å². The van der Waals surface area contributed by atoms with Gasteiger partial charge < -0.3 is 9.47 Å². The highest BCUT2D eigenvalue weighted by Gasteiger charge is 2.42. The Kier molecular flexibility index (Phi) is 5.64. The minimum absolute atomic E-state index is 0.0144. The van der Waals surface area contributed by atoms with Crippen LogP contribution in [0.25, 0.3) is 0 Å². The van der Waals surface area contributed by atoms with Crippen molar-refractivity contribution in [3.05, 3.63) is 70.3 Å². The zero-order valence-corrected chi connectivity index (χ0v) is 14.6. The highest BCUT2D eigenvalue weighted by atomic mass is 16.6. The number of likely N-dealkylation sites (tertiary alicyclic amines) is 1. The van der Waals surface area contributed by atoms with E-state index in [-0.39, 0.29) is 30.9 Å². The van der Waals surface area contributed by atoms with Crippen LogP contribution in [-0.4, -0.2) is 33.8 Å². The number of benzene rings is 2. The van der Waals surface area contributed by atoms with Gasteiger partial charge in [-0.3, -0.25) is 14.9 Å². The normalized spacial score (nSPS) is 15.9. The van der Waals surface area contributed by atoms with Crippen LogP contribution in [-0.2, 0) is 20.9 Å². The van der Waals surface area contributed by atoms with Crippen molar-refractivity contribution in [3.8, 4) is 5.75 Å². The van der Waals surface area contributed by atoms with E-state index >= 15 is 0 Å². The number of hydrogen-bond acceptors (Lipinski definition) is 7. The molecule has 2 aromatic carbocycles. The number of non-ortho nitro benzene ring substituents is 1. The molecule has 0 radical (unpaired) electrons. The van der Waals surface area contributed by atoms with Crippen LogP contribution in [0.3, 0.4) is 0 Å². The first kappa shape index (κ1) is 19.0. The molecule has 0 N–H and O–H groups in total. The molecule has 28 heavy (non-hydrogen) atoms. The van der Waals surface area contributed by atoms with Gasteiger partial charge in [0.25, 0.3) is 5.69 Å². The van der Waals surface area contributed by atoms with Crippen molar-refractivity contribution in [2.24, 2.45) is 0 Å². The number of nitro groups is 1. The smallest absolute Gasteiger partial charge is 0.417 e. The minimum Gasteiger partial charge on any atom is -0.444 e. The number of nitro benzene ring substituents is 1. The average molecular weight is 384 g/mol. The molecule has 9 nitrogen and oxygen atoms in total. The molecule has 0 saturated carbocycles. The monoisotopic (exact) mass is 384 g/mol. The van der Waals surface area contributed by atoms with Gasteiger partial charge in [-0.2, -0.15) is 0 Å². The first-order chi connectivity index (χ1) is 13.5. The minimum atomic E-state index is -1.11. The summed E-state index contributed by atoms with van der Waals surface area (Å²) in [6, 6.07) is 12.7. The molecule has 1 aliphatic rings. The summed E-state index contributed by atoms with van der Waals surface area (Å²) in [5, 5.41) is 10.7. The third-order valence-corrected chi connectivity index (χ3v) is 4.15. The van der Waals surface area contributed by atoms with Crippen LogP contribution >= 0.6 is 0 Å². The van der Waals surface area contributed by atoms with E-state index in [0.717, 1.165) is 10.5 Å². The van der Waals surface area contributed by atoms with Crippen molar-refractivity contribution in [1.82, 2.24) is 4.90 Å². The van der Waals surface area contributed by atoms with E-state index in [9.17, 15) is 24.5 Å². The van der Waals surface area contributed by atoms with Crippen molar-refractivity contribution < 1.29 is 28.8 Å². The Morgan fingerprint density at radius 1 is 1.11 bits per heavy atom. The Balaban J connectivity index is 1.64. The van der Waals surface area contributed by atoms with E-state index in [1.165, 1.54) is 24.3 Å². The van der Waals surface area contributed by atoms with Gasteiger partial charge in [-0.05, 0) is 24.1 Å². The fraction of sp³-hybridized carbons (Fsp3) is 0.211. The maximum Gasteiger partial charge on any atom is 0.417 e. The van der Waals surface area contributed by atoms with Crippen LogP contribution in [0.5, 0.6) is 5.75 Å². The molecule has 1 heterocycles. The van der Waals surface area contributed by atoms with Crippen molar-refractivity contribution >= 4 is 23.7 Å². The van der Waals surface area contributed by atoms with E-state index in [1.54, 1.807) is 24.3 Å². The number of nitrogens with zero attached hydrogens (tertiary/aromatic N) is 2. The molecule has 1 atom stereocenters. The van der Waals surface area contributed by atoms with E-state index in [2.05, 4.69) is 0 Å². The van der Waals surface area contributed by atoms with Crippen LogP contribution in [0.2, 0.25) is 0 Å². The second kappa shape index (κ2) is 8.30. The molecule has 0 bridgehead atoms. The number of hydrogen-bond donors (Lipinski definition) is 0. The average Bonchev–Trinajstić information content (AvgIpc) is 3.09. The van der Waals surface area contributed by atoms with Crippen LogP contribution in [0.1, 0.15) is 18.4 Å². The summed E-state index contributed by atoms with van der Waals surface area (Å²) in [5.74, 6) is -1.26. The predicted octanol–water partition coefficient (Wildman–Crippen LogP) is 2.83. The summed E-state index contributed by atoms with van der Waals surface area (Å²) in [4.78, 5) is 47.6. The molecule has 2 aromatic rings. The first-order valence-electron chi connectivity index (χ1n) is 8.44. The molecule has 0 spiro atoms. The highest BCUT2D eigenvalue weighted by molar-refractivity contribution is 5.99. The van der Waals surface area contributed by atoms with Crippen molar-refractivity contribution in [3.63, 3.8) is 0 Å². The summed E-state index contributed by atoms with van der Waals surface area (Å²) in [7, 11) is 0. The van der Waals surface area contributed by atoms with E-state index < -0.39 is 28.9 Å². The fourth-order valence-corrected chi connectivity index (χ4v) is 2.74. The second-order valence-electron chi connectivity index (χ2n) is 6.03. The summed E-state index contributed by atoms with van der Waals surface area (Å²) < 4.78 is 10.3.